The van der Waals surface area contributed by atoms with Crippen molar-refractivity contribution in [1.29, 1.82) is 0 Å². The molecule has 29 heavy (non-hydrogen) atoms. The summed E-state index contributed by atoms with van der Waals surface area (Å²) in [7, 11) is 0. The highest BCUT2D eigenvalue weighted by Crippen LogP contribution is 2.22. The van der Waals surface area contributed by atoms with Gasteiger partial charge >= 0.3 is 0 Å². The summed E-state index contributed by atoms with van der Waals surface area (Å²) in [6.07, 6.45) is 1.59. The fraction of sp³-hybridized carbons (Fsp3) is 0.190. The highest BCUT2D eigenvalue weighted by atomic mass is 35.5. The molecule has 3 rings (SSSR count). The smallest absolute Gasteiger partial charge is 0.276 e. The Kier molecular flexibility index (Phi) is 6.25. The van der Waals surface area contributed by atoms with Crippen LogP contribution in [0.4, 0.5) is 11.4 Å². The third-order valence-electron chi connectivity index (χ3n) is 4.52. The second-order valence-electron chi connectivity index (χ2n) is 6.72. The Morgan fingerprint density at radius 2 is 1.48 bits per heavy atom. The van der Waals surface area contributed by atoms with E-state index >= 15 is 0 Å². The number of halogens is 2. The number of hydrogen-bond acceptors (Lipinski definition) is 3. The normalized spacial score (nSPS) is 11.8. The molecule has 1 aromatic heterocycles. The number of nitrogens with one attached hydrogen (secondary N) is 2. The van der Waals surface area contributed by atoms with Gasteiger partial charge in [-0.05, 0) is 62.2 Å². The van der Waals surface area contributed by atoms with Gasteiger partial charge < -0.3 is 10.6 Å². The summed E-state index contributed by atoms with van der Waals surface area (Å²) in [6.45, 7) is 5.45. The van der Waals surface area contributed by atoms with Crippen molar-refractivity contribution in [2.45, 2.75) is 26.8 Å². The number of aromatic nitrogens is 2. The molecule has 150 valence electrons. The van der Waals surface area contributed by atoms with E-state index in [0.29, 0.717) is 21.4 Å². The first-order valence-corrected chi connectivity index (χ1v) is 9.70. The van der Waals surface area contributed by atoms with Gasteiger partial charge in [0.15, 0.2) is 5.69 Å². The number of anilines is 2. The molecule has 0 bridgehead atoms. The van der Waals surface area contributed by atoms with Crippen LogP contribution >= 0.6 is 23.2 Å². The van der Waals surface area contributed by atoms with Crippen molar-refractivity contribution in [1.82, 2.24) is 9.78 Å². The van der Waals surface area contributed by atoms with E-state index in [-0.39, 0.29) is 17.5 Å². The van der Waals surface area contributed by atoms with Crippen LogP contribution in [-0.2, 0) is 4.79 Å². The number of nitrogens with zero attached hydrogens (tertiary/aromatic N) is 2. The van der Waals surface area contributed by atoms with Gasteiger partial charge in [-0.15, -0.1) is 0 Å². The number of rotatable bonds is 5. The highest BCUT2D eigenvalue weighted by Gasteiger charge is 2.19. The number of carbonyl (C=O) groups excluding carboxylic acids is 2. The molecule has 0 saturated carbocycles. The molecule has 0 spiro atoms. The van der Waals surface area contributed by atoms with Crippen LogP contribution in [0.2, 0.25) is 10.0 Å². The maximum Gasteiger partial charge on any atom is 0.276 e. The summed E-state index contributed by atoms with van der Waals surface area (Å²) in [4.78, 5) is 25.1. The number of benzene rings is 2. The lowest BCUT2D eigenvalue weighted by atomic mass is 10.2. The molecule has 0 aliphatic rings. The summed E-state index contributed by atoms with van der Waals surface area (Å²) < 4.78 is 1.44. The van der Waals surface area contributed by atoms with Crippen molar-refractivity contribution in [3.05, 3.63) is 75.5 Å². The van der Waals surface area contributed by atoms with Crippen LogP contribution in [0.15, 0.2) is 48.7 Å². The first-order chi connectivity index (χ1) is 13.7. The lowest BCUT2D eigenvalue weighted by molar-refractivity contribution is -0.119. The van der Waals surface area contributed by atoms with Crippen LogP contribution in [-0.4, -0.2) is 21.6 Å². The van der Waals surface area contributed by atoms with Gasteiger partial charge in [0.1, 0.15) is 6.04 Å². The van der Waals surface area contributed by atoms with Crippen molar-refractivity contribution >= 4 is 46.4 Å². The molecule has 0 fully saturated rings. The third-order valence-corrected chi connectivity index (χ3v) is 4.99. The van der Waals surface area contributed by atoms with Gasteiger partial charge in [-0.2, -0.15) is 5.10 Å². The van der Waals surface area contributed by atoms with Crippen molar-refractivity contribution in [3.63, 3.8) is 0 Å². The van der Waals surface area contributed by atoms with E-state index in [0.717, 1.165) is 11.1 Å². The van der Waals surface area contributed by atoms with Gasteiger partial charge in [-0.25, -0.2) is 0 Å². The predicted octanol–water partition coefficient (Wildman–Crippen LogP) is 5.26. The fourth-order valence-electron chi connectivity index (χ4n) is 2.68. The zero-order valence-electron chi connectivity index (χ0n) is 16.2. The second kappa shape index (κ2) is 8.68. The van der Waals surface area contributed by atoms with Gasteiger partial charge in [-0.1, -0.05) is 35.3 Å². The quantitative estimate of drug-likeness (QED) is 0.579. The SMILES string of the molecule is Cc1ccc(Cl)cc1NC(=O)c1ccn([C@H](C)C(=O)Nc2cc(Cl)ccc2C)n1. The van der Waals surface area contributed by atoms with Gasteiger partial charge in [0.25, 0.3) is 5.91 Å². The zero-order chi connectivity index (χ0) is 21.1. The number of hydrogen-bond donors (Lipinski definition) is 2. The van der Waals surface area contributed by atoms with E-state index in [2.05, 4.69) is 15.7 Å². The van der Waals surface area contributed by atoms with E-state index < -0.39 is 6.04 Å². The van der Waals surface area contributed by atoms with Crippen LogP contribution in [0, 0.1) is 13.8 Å². The number of amides is 2. The Labute approximate surface area is 178 Å². The predicted molar refractivity (Wildman–Crippen MR) is 116 cm³/mol. The molecular weight excluding hydrogens is 411 g/mol. The van der Waals surface area contributed by atoms with Gasteiger partial charge in [-0.3, -0.25) is 14.3 Å². The average Bonchev–Trinajstić information content (AvgIpc) is 3.17. The molecule has 1 heterocycles. The number of carbonyl (C=O) groups is 2. The van der Waals surface area contributed by atoms with E-state index in [1.807, 2.05) is 26.0 Å². The molecule has 0 radical (unpaired) electrons. The molecule has 0 saturated heterocycles. The monoisotopic (exact) mass is 430 g/mol. The number of aryl methyl sites for hydroxylation is 2. The molecule has 0 aliphatic heterocycles. The Morgan fingerprint density at radius 1 is 0.931 bits per heavy atom. The van der Waals surface area contributed by atoms with E-state index in [9.17, 15) is 9.59 Å². The summed E-state index contributed by atoms with van der Waals surface area (Å²) in [5, 5.41) is 10.9. The molecule has 2 amide bonds. The van der Waals surface area contributed by atoms with Crippen LogP contribution < -0.4 is 10.6 Å². The minimum absolute atomic E-state index is 0.197. The van der Waals surface area contributed by atoms with Crippen molar-refractivity contribution in [3.8, 4) is 0 Å². The summed E-state index contributed by atoms with van der Waals surface area (Å²) in [6, 6.07) is 11.5. The van der Waals surface area contributed by atoms with Crippen LogP contribution in [0.3, 0.4) is 0 Å². The van der Waals surface area contributed by atoms with Gasteiger partial charge in [0, 0.05) is 27.6 Å². The minimum Gasteiger partial charge on any atom is -0.324 e. The van der Waals surface area contributed by atoms with Crippen LogP contribution in [0.5, 0.6) is 0 Å². The van der Waals surface area contributed by atoms with Crippen molar-refractivity contribution in [2.75, 3.05) is 10.6 Å². The Morgan fingerprint density at radius 3 is 2.07 bits per heavy atom. The molecule has 0 unspecified atom stereocenters. The third kappa shape index (κ3) is 4.96. The fourth-order valence-corrected chi connectivity index (χ4v) is 3.02. The lowest BCUT2D eigenvalue weighted by Gasteiger charge is -2.14. The first-order valence-electron chi connectivity index (χ1n) is 8.94. The maximum atomic E-state index is 12.6. The molecule has 0 aliphatic carbocycles. The maximum absolute atomic E-state index is 12.6. The molecule has 6 nitrogen and oxygen atoms in total. The summed E-state index contributed by atoms with van der Waals surface area (Å²) in [5.41, 5.74) is 3.22. The van der Waals surface area contributed by atoms with E-state index in [1.165, 1.54) is 4.68 Å². The standard InChI is InChI=1S/C21H20Cl2N4O2/c1-12-4-6-15(22)10-18(12)24-20(28)14(3)27-9-8-17(26-27)21(29)25-19-11-16(23)7-5-13(19)2/h4-11,14H,1-3H3,(H,24,28)(H,25,29)/t14-/m1/s1. The zero-order valence-corrected chi connectivity index (χ0v) is 17.7. The second-order valence-corrected chi connectivity index (χ2v) is 7.59. The molecule has 8 heteroatoms. The van der Waals surface area contributed by atoms with Crippen LogP contribution in [0.1, 0.15) is 34.6 Å². The highest BCUT2D eigenvalue weighted by molar-refractivity contribution is 6.31. The summed E-state index contributed by atoms with van der Waals surface area (Å²) in [5.74, 6) is -0.650. The topological polar surface area (TPSA) is 76.0 Å². The Bertz CT molecular complexity index is 1080. The Hall–Kier alpha value is -2.83. The van der Waals surface area contributed by atoms with Gasteiger partial charge in [0.05, 0.1) is 0 Å². The average molecular weight is 431 g/mol. The largest absolute Gasteiger partial charge is 0.324 e. The minimum atomic E-state index is -0.622. The van der Waals surface area contributed by atoms with Gasteiger partial charge in [0.2, 0.25) is 5.91 Å². The van der Waals surface area contributed by atoms with Crippen LogP contribution in [0.25, 0.3) is 0 Å². The van der Waals surface area contributed by atoms with E-state index in [4.69, 9.17) is 23.2 Å². The lowest BCUT2D eigenvalue weighted by Crippen LogP contribution is -2.25. The summed E-state index contributed by atoms with van der Waals surface area (Å²) >= 11 is 12.0. The first kappa shape index (κ1) is 20.9. The van der Waals surface area contributed by atoms with Crippen molar-refractivity contribution in [2.24, 2.45) is 0 Å². The molecule has 2 N–H and O–H groups in total. The van der Waals surface area contributed by atoms with Crippen molar-refractivity contribution < 1.29 is 9.59 Å². The molecule has 2 aromatic carbocycles. The molecule has 3 aromatic rings. The molecule has 1 atom stereocenters. The molecular formula is C21H20Cl2N4O2. The van der Waals surface area contributed by atoms with E-state index in [1.54, 1.807) is 43.5 Å². The Balaban J connectivity index is 1.71.